The van der Waals surface area contributed by atoms with Gasteiger partial charge in [-0.05, 0) is 26.1 Å². The maximum absolute atomic E-state index is 15.0. The monoisotopic (exact) mass is 569 g/mol. The third-order valence-corrected chi connectivity index (χ3v) is 7.65. The summed E-state index contributed by atoms with van der Waals surface area (Å²) in [6, 6.07) is 4.09. The minimum atomic E-state index is -2.94. The number of benzene rings is 1. The van der Waals surface area contributed by atoms with E-state index in [4.69, 9.17) is 4.74 Å². The number of ether oxygens (including phenoxy) is 1. The first kappa shape index (κ1) is 27.0. The Bertz CT molecular complexity index is 1600. The van der Waals surface area contributed by atoms with E-state index in [1.807, 2.05) is 7.05 Å². The zero-order valence-electron chi connectivity index (χ0n) is 22.8. The number of nitrogens with one attached hydrogen (secondary N) is 3. The lowest BCUT2D eigenvalue weighted by Crippen LogP contribution is -2.46. The molecule has 0 spiro atoms. The summed E-state index contributed by atoms with van der Waals surface area (Å²) in [5.74, 6) is -3.62. The first-order valence-electron chi connectivity index (χ1n) is 13.2. The maximum atomic E-state index is 15.0. The van der Waals surface area contributed by atoms with Gasteiger partial charge in [0.15, 0.2) is 5.82 Å². The highest BCUT2D eigenvalue weighted by atomic mass is 19.3. The van der Waals surface area contributed by atoms with Gasteiger partial charge in [-0.2, -0.15) is 0 Å². The SMILES string of the molecule is COc1nn(C)cc1Nc1ncc(F)c(-c2c[nH]c3c(NC(=O)C4CC(F)(F)CN4C4CCN(C)C4)cccc23)n1. The van der Waals surface area contributed by atoms with Gasteiger partial charge in [-0.15, -0.1) is 5.10 Å². The molecule has 1 aromatic carbocycles. The average Bonchev–Trinajstić information content (AvgIpc) is 3.70. The Balaban J connectivity index is 1.27. The summed E-state index contributed by atoms with van der Waals surface area (Å²) in [4.78, 5) is 28.6. The van der Waals surface area contributed by atoms with Crippen molar-refractivity contribution in [3.63, 3.8) is 0 Å². The van der Waals surface area contributed by atoms with Gasteiger partial charge in [0.2, 0.25) is 11.9 Å². The first-order valence-corrected chi connectivity index (χ1v) is 13.2. The number of aromatic amines is 1. The van der Waals surface area contributed by atoms with Crippen molar-refractivity contribution in [1.82, 2.24) is 34.5 Å². The molecule has 0 radical (unpaired) electrons. The molecule has 0 bridgehead atoms. The van der Waals surface area contributed by atoms with E-state index in [0.29, 0.717) is 40.3 Å². The number of likely N-dealkylation sites (tertiary alicyclic amines) is 2. The largest absolute Gasteiger partial charge is 0.478 e. The normalized spacial score (nSPS) is 21.0. The smallest absolute Gasteiger partial charge is 0.262 e. The summed E-state index contributed by atoms with van der Waals surface area (Å²) in [6.07, 6.45) is 4.53. The number of hydrogen-bond donors (Lipinski definition) is 3. The van der Waals surface area contributed by atoms with Gasteiger partial charge in [-0.3, -0.25) is 14.4 Å². The molecule has 0 saturated carbocycles. The van der Waals surface area contributed by atoms with Crippen LogP contribution in [-0.4, -0.2) is 92.2 Å². The molecule has 4 aromatic rings. The molecule has 6 rings (SSSR count). The van der Waals surface area contributed by atoms with Crippen molar-refractivity contribution in [1.29, 1.82) is 0 Å². The summed E-state index contributed by atoms with van der Waals surface area (Å²) in [6.45, 7) is 1.01. The van der Waals surface area contributed by atoms with E-state index in [-0.39, 0.29) is 17.7 Å². The molecule has 2 aliphatic rings. The Kier molecular flexibility index (Phi) is 6.82. The number of anilines is 3. The molecule has 2 unspecified atom stereocenters. The van der Waals surface area contributed by atoms with Crippen LogP contribution in [0, 0.1) is 5.82 Å². The Labute approximate surface area is 233 Å². The third-order valence-electron chi connectivity index (χ3n) is 7.65. The van der Waals surface area contributed by atoms with Crippen LogP contribution < -0.4 is 15.4 Å². The zero-order chi connectivity index (χ0) is 28.9. The number of H-pyrrole nitrogens is 1. The van der Waals surface area contributed by atoms with Crippen LogP contribution in [0.5, 0.6) is 5.88 Å². The van der Waals surface area contributed by atoms with E-state index in [9.17, 15) is 18.0 Å². The van der Waals surface area contributed by atoms with E-state index in [2.05, 4.69) is 35.6 Å². The fourth-order valence-electron chi connectivity index (χ4n) is 5.76. The number of aryl methyl sites for hydroxylation is 1. The van der Waals surface area contributed by atoms with Gasteiger partial charge in [-0.25, -0.2) is 23.1 Å². The molecule has 0 aliphatic carbocycles. The van der Waals surface area contributed by atoms with Gasteiger partial charge in [0.05, 0.1) is 43.3 Å². The fraction of sp³-hybridized carbons (Fsp3) is 0.407. The Morgan fingerprint density at radius 2 is 2.07 bits per heavy atom. The van der Waals surface area contributed by atoms with E-state index in [1.54, 1.807) is 47.2 Å². The van der Waals surface area contributed by atoms with Crippen molar-refractivity contribution in [2.45, 2.75) is 30.8 Å². The van der Waals surface area contributed by atoms with Gasteiger partial charge in [0.1, 0.15) is 11.4 Å². The fourth-order valence-corrected chi connectivity index (χ4v) is 5.76. The number of methoxy groups -OCH3 is 1. The second-order valence-corrected chi connectivity index (χ2v) is 10.6. The molecule has 216 valence electrons. The van der Waals surface area contributed by atoms with Gasteiger partial charge < -0.3 is 25.3 Å². The lowest BCUT2D eigenvalue weighted by Gasteiger charge is -2.29. The lowest BCUT2D eigenvalue weighted by atomic mass is 10.1. The standard InChI is InChI=1S/C27H30F3N9O2/c1-37-8-7-15(12-37)39-14-27(29,30)9-21(39)24(40)33-19-6-4-5-16-17(10-31-23(16)19)22-18(28)11-32-26(35-22)34-20-13-38(2)36-25(20)41-3/h4-6,10-11,13,15,21,31H,7-9,12,14H2,1-3H3,(H,33,40)(H,32,34,35). The zero-order valence-corrected chi connectivity index (χ0v) is 22.8. The number of fused-ring (bicyclic) bond motifs is 1. The molecule has 2 fully saturated rings. The molecule has 5 heterocycles. The average molecular weight is 570 g/mol. The van der Waals surface area contributed by atoms with Crippen LogP contribution >= 0.6 is 0 Å². The van der Waals surface area contributed by atoms with Gasteiger partial charge in [0.25, 0.3) is 11.8 Å². The first-order chi connectivity index (χ1) is 19.6. The number of hydrogen-bond acceptors (Lipinski definition) is 8. The van der Waals surface area contributed by atoms with Crippen LogP contribution in [0.25, 0.3) is 22.2 Å². The van der Waals surface area contributed by atoms with Crippen molar-refractivity contribution in [2.75, 3.05) is 44.4 Å². The highest BCUT2D eigenvalue weighted by molar-refractivity contribution is 6.06. The van der Waals surface area contributed by atoms with Crippen molar-refractivity contribution in [3.8, 4) is 17.1 Å². The number of amides is 1. The Morgan fingerprint density at radius 3 is 2.83 bits per heavy atom. The van der Waals surface area contributed by atoms with E-state index < -0.39 is 36.7 Å². The summed E-state index contributed by atoms with van der Waals surface area (Å²) in [7, 11) is 5.16. The summed E-state index contributed by atoms with van der Waals surface area (Å²) < 4.78 is 50.8. The highest BCUT2D eigenvalue weighted by Crippen LogP contribution is 2.37. The van der Waals surface area contributed by atoms with E-state index in [1.165, 1.54) is 7.11 Å². The lowest BCUT2D eigenvalue weighted by molar-refractivity contribution is -0.121. The number of rotatable bonds is 7. The molecule has 14 heteroatoms. The number of halogens is 3. The van der Waals surface area contributed by atoms with Crippen molar-refractivity contribution in [3.05, 3.63) is 42.6 Å². The second kappa shape index (κ2) is 10.3. The van der Waals surface area contributed by atoms with Crippen molar-refractivity contribution in [2.24, 2.45) is 7.05 Å². The molecule has 2 aliphatic heterocycles. The Morgan fingerprint density at radius 1 is 1.24 bits per heavy atom. The van der Waals surface area contributed by atoms with Gasteiger partial charge in [0, 0.05) is 43.2 Å². The summed E-state index contributed by atoms with van der Waals surface area (Å²) in [5, 5.41) is 10.6. The van der Waals surface area contributed by atoms with E-state index >= 15 is 0 Å². The molecule has 11 nitrogen and oxygen atoms in total. The van der Waals surface area contributed by atoms with Crippen molar-refractivity contribution >= 4 is 34.1 Å². The van der Waals surface area contributed by atoms with Crippen molar-refractivity contribution < 1.29 is 22.7 Å². The number of nitrogens with zero attached hydrogens (tertiary/aromatic N) is 6. The minimum Gasteiger partial charge on any atom is -0.478 e. The third kappa shape index (κ3) is 5.20. The predicted molar refractivity (Wildman–Crippen MR) is 147 cm³/mol. The number of carbonyl (C=O) groups is 1. The molecule has 3 N–H and O–H groups in total. The quantitative estimate of drug-likeness (QED) is 0.309. The molecular weight excluding hydrogens is 539 g/mol. The van der Waals surface area contributed by atoms with Crippen LogP contribution in [0.4, 0.5) is 30.5 Å². The summed E-state index contributed by atoms with van der Waals surface area (Å²) >= 11 is 0. The van der Waals surface area contributed by atoms with Crippen LogP contribution in [0.2, 0.25) is 0 Å². The Hall–Kier alpha value is -4.17. The van der Waals surface area contributed by atoms with E-state index in [0.717, 1.165) is 19.2 Å². The topological polar surface area (TPSA) is 116 Å². The number of likely N-dealkylation sites (N-methyl/N-ethyl adjacent to an activating group) is 1. The van der Waals surface area contributed by atoms with Crippen LogP contribution in [0.3, 0.4) is 0 Å². The van der Waals surface area contributed by atoms with Crippen LogP contribution in [-0.2, 0) is 11.8 Å². The molecule has 3 aromatic heterocycles. The molecule has 2 saturated heterocycles. The molecule has 41 heavy (non-hydrogen) atoms. The molecule has 1 amide bonds. The minimum absolute atomic E-state index is 0.0343. The molecule has 2 atom stereocenters. The highest BCUT2D eigenvalue weighted by Gasteiger charge is 2.50. The number of para-hydroxylation sites is 1. The van der Waals surface area contributed by atoms with Gasteiger partial charge >= 0.3 is 0 Å². The molecular formula is C27H30F3N9O2. The number of alkyl halides is 2. The number of aromatic nitrogens is 5. The van der Waals surface area contributed by atoms with Gasteiger partial charge in [-0.1, -0.05) is 12.1 Å². The van der Waals surface area contributed by atoms with Crippen LogP contribution in [0.1, 0.15) is 12.8 Å². The predicted octanol–water partition coefficient (Wildman–Crippen LogP) is 3.60. The number of carbonyl (C=O) groups excluding carboxylic acids is 1. The van der Waals surface area contributed by atoms with Crippen LogP contribution in [0.15, 0.2) is 36.8 Å². The second-order valence-electron chi connectivity index (χ2n) is 10.6. The maximum Gasteiger partial charge on any atom is 0.262 e. The summed E-state index contributed by atoms with van der Waals surface area (Å²) in [5.41, 5.74) is 1.92.